The van der Waals surface area contributed by atoms with Gasteiger partial charge in [0.1, 0.15) is 11.0 Å². The number of hydrogen-bond acceptors (Lipinski definition) is 2. The maximum atomic E-state index is 13.2. The first kappa shape index (κ1) is 21.8. The van der Waals surface area contributed by atoms with Crippen LogP contribution >= 0.6 is 0 Å². The summed E-state index contributed by atoms with van der Waals surface area (Å²) < 4.78 is 15.3. The minimum Gasteiger partial charge on any atom is -0.320 e. The van der Waals surface area contributed by atoms with Crippen LogP contribution in [-0.4, -0.2) is 35.2 Å². The molecule has 0 radical (unpaired) electrons. The highest BCUT2D eigenvalue weighted by molar-refractivity contribution is 7.83. The topological polar surface area (TPSA) is 32.3 Å². The summed E-state index contributed by atoms with van der Waals surface area (Å²) in [6.45, 7) is 11.1. The van der Waals surface area contributed by atoms with Crippen LogP contribution in [0.1, 0.15) is 40.5 Å². The number of hydrogen-bond donors (Lipinski definition) is 1. The van der Waals surface area contributed by atoms with E-state index in [1.54, 1.807) is 0 Å². The fourth-order valence-corrected chi connectivity index (χ4v) is 4.39. The Kier molecular flexibility index (Phi) is 10.6. The molecule has 0 aromatic heterocycles. The lowest BCUT2D eigenvalue weighted by molar-refractivity contribution is 0.359. The number of nitrogens with one attached hydrogen (secondary N) is 1. The van der Waals surface area contributed by atoms with Gasteiger partial charge >= 0.3 is 0 Å². The molecule has 0 aliphatic rings. The average Bonchev–Trinajstić information content (AvgIpc) is 2.66. The van der Waals surface area contributed by atoms with Gasteiger partial charge in [-0.15, -0.1) is 0 Å². The molecule has 2 unspecified atom stereocenters. The molecule has 0 fully saturated rings. The molecule has 3 nitrogen and oxygen atoms in total. The maximum Gasteiger partial charge on any atom is 0.128 e. The van der Waals surface area contributed by atoms with Crippen LogP contribution < -0.4 is 5.32 Å². The van der Waals surface area contributed by atoms with Crippen LogP contribution in [0.3, 0.4) is 0 Å². The minimum atomic E-state index is -1.11. The predicted octanol–water partition coefficient (Wildman–Crippen LogP) is 4.85. The van der Waals surface area contributed by atoms with E-state index >= 15 is 0 Å². The molecule has 1 N–H and O–H groups in total. The second kappa shape index (κ2) is 12.2. The zero-order valence-corrected chi connectivity index (χ0v) is 17.2. The first-order valence-electron chi connectivity index (χ1n) is 9.46. The van der Waals surface area contributed by atoms with E-state index in [9.17, 15) is 4.21 Å². The summed E-state index contributed by atoms with van der Waals surface area (Å²) in [5.74, 6) is 0.521. The zero-order valence-electron chi connectivity index (χ0n) is 16.4. The van der Waals surface area contributed by atoms with Crippen molar-refractivity contribution < 1.29 is 4.21 Å². The molecule has 0 bridgehead atoms. The van der Waals surface area contributed by atoms with Gasteiger partial charge < -0.3 is 5.32 Å². The van der Waals surface area contributed by atoms with Gasteiger partial charge in [-0.3, -0.25) is 0 Å². The Morgan fingerprint density at radius 2 is 1.80 bits per heavy atom. The third-order valence-corrected chi connectivity index (χ3v) is 5.58. The summed E-state index contributed by atoms with van der Waals surface area (Å²) in [5, 5.41) is 5.44. The standard InChI is InChI=1S/C19H28N2OS.C2H6/c1-4-14-21(15-16(2)12-13-20-3)23(22)19-11-7-9-17-8-5-6-10-18(17)19;1-2/h5-11,16,20H,4,12-15H2,1-3H3;1-2H3. The van der Waals surface area contributed by atoms with Gasteiger partial charge in [-0.1, -0.05) is 64.1 Å². The molecule has 4 heteroatoms. The minimum absolute atomic E-state index is 0.521. The van der Waals surface area contributed by atoms with Crippen LogP contribution in [0.2, 0.25) is 0 Å². The highest BCUT2D eigenvalue weighted by Gasteiger charge is 2.19. The number of benzene rings is 2. The molecule has 2 atom stereocenters. The highest BCUT2D eigenvalue weighted by atomic mass is 32.2. The summed E-state index contributed by atoms with van der Waals surface area (Å²) in [6.07, 6.45) is 2.11. The van der Waals surface area contributed by atoms with Gasteiger partial charge in [-0.25, -0.2) is 8.51 Å². The molecular formula is C21H34N2OS. The summed E-state index contributed by atoms with van der Waals surface area (Å²) in [5.41, 5.74) is 0. The third-order valence-electron chi connectivity index (χ3n) is 4.05. The lowest BCUT2D eigenvalue weighted by Gasteiger charge is -2.24. The number of nitrogens with zero attached hydrogens (tertiary/aromatic N) is 1. The smallest absolute Gasteiger partial charge is 0.128 e. The highest BCUT2D eigenvalue weighted by Crippen LogP contribution is 2.24. The number of fused-ring (bicyclic) bond motifs is 1. The first-order chi connectivity index (χ1) is 12.2. The largest absolute Gasteiger partial charge is 0.320 e. The van der Waals surface area contributed by atoms with E-state index in [-0.39, 0.29) is 0 Å². The van der Waals surface area contributed by atoms with Crippen molar-refractivity contribution in [2.45, 2.75) is 45.4 Å². The third kappa shape index (κ3) is 6.53. The van der Waals surface area contributed by atoms with Gasteiger partial charge in [0.2, 0.25) is 0 Å². The van der Waals surface area contributed by atoms with E-state index in [0.717, 1.165) is 48.1 Å². The Morgan fingerprint density at radius 3 is 2.48 bits per heavy atom. The van der Waals surface area contributed by atoms with Gasteiger partial charge in [-0.05, 0) is 49.2 Å². The molecule has 0 aliphatic heterocycles. The van der Waals surface area contributed by atoms with Gasteiger partial charge in [0.15, 0.2) is 0 Å². The zero-order chi connectivity index (χ0) is 18.7. The Morgan fingerprint density at radius 1 is 1.12 bits per heavy atom. The molecule has 25 heavy (non-hydrogen) atoms. The molecule has 0 aliphatic carbocycles. The Balaban J connectivity index is 0.00000151. The van der Waals surface area contributed by atoms with Crippen LogP contribution in [0.4, 0.5) is 0 Å². The molecule has 0 amide bonds. The van der Waals surface area contributed by atoms with Crippen molar-refractivity contribution in [2.24, 2.45) is 5.92 Å². The molecule has 2 aromatic rings. The number of rotatable bonds is 9. The summed E-state index contributed by atoms with van der Waals surface area (Å²) in [4.78, 5) is 0.928. The molecule has 0 spiro atoms. The van der Waals surface area contributed by atoms with E-state index in [4.69, 9.17) is 0 Å². The van der Waals surface area contributed by atoms with Crippen LogP contribution in [0.5, 0.6) is 0 Å². The quantitative estimate of drug-likeness (QED) is 0.692. The molecule has 2 rings (SSSR count). The molecular weight excluding hydrogens is 328 g/mol. The van der Waals surface area contributed by atoms with Crippen molar-refractivity contribution in [1.82, 2.24) is 9.62 Å². The Bertz CT molecular complexity index is 639. The van der Waals surface area contributed by atoms with Crippen molar-refractivity contribution in [3.63, 3.8) is 0 Å². The molecule has 0 saturated heterocycles. The summed E-state index contributed by atoms with van der Waals surface area (Å²) in [7, 11) is 0.868. The van der Waals surface area contributed by atoms with Crippen molar-refractivity contribution in [3.05, 3.63) is 42.5 Å². The van der Waals surface area contributed by atoms with Gasteiger partial charge in [0, 0.05) is 13.1 Å². The van der Waals surface area contributed by atoms with Crippen molar-refractivity contribution >= 4 is 21.8 Å². The lowest BCUT2D eigenvalue weighted by Crippen LogP contribution is -2.32. The van der Waals surface area contributed by atoms with Crippen LogP contribution in [-0.2, 0) is 11.0 Å². The van der Waals surface area contributed by atoms with E-state index in [0.29, 0.717) is 5.92 Å². The van der Waals surface area contributed by atoms with Crippen molar-refractivity contribution in [1.29, 1.82) is 0 Å². The maximum absolute atomic E-state index is 13.2. The van der Waals surface area contributed by atoms with E-state index in [2.05, 4.69) is 41.7 Å². The Hall–Kier alpha value is -1.23. The molecule has 0 heterocycles. The molecule has 0 saturated carbocycles. The first-order valence-corrected chi connectivity index (χ1v) is 10.6. The monoisotopic (exact) mass is 362 g/mol. The average molecular weight is 363 g/mol. The van der Waals surface area contributed by atoms with Gasteiger partial charge in [-0.2, -0.15) is 0 Å². The fraction of sp³-hybridized carbons (Fsp3) is 0.524. The molecule has 140 valence electrons. The molecule has 2 aromatic carbocycles. The second-order valence-corrected chi connectivity index (χ2v) is 7.57. The van der Waals surface area contributed by atoms with Gasteiger partial charge in [0.05, 0.1) is 4.90 Å². The summed E-state index contributed by atoms with van der Waals surface area (Å²) >= 11 is 0. The van der Waals surface area contributed by atoms with Crippen molar-refractivity contribution in [3.8, 4) is 0 Å². The van der Waals surface area contributed by atoms with Crippen LogP contribution in [0, 0.1) is 5.92 Å². The summed E-state index contributed by atoms with van der Waals surface area (Å²) in [6, 6.07) is 14.3. The van der Waals surface area contributed by atoms with E-state index in [1.807, 2.05) is 45.2 Å². The lowest BCUT2D eigenvalue weighted by atomic mass is 10.1. The van der Waals surface area contributed by atoms with E-state index < -0.39 is 11.0 Å². The Labute approximate surface area is 156 Å². The fourth-order valence-electron chi connectivity index (χ4n) is 2.81. The predicted molar refractivity (Wildman–Crippen MR) is 111 cm³/mol. The van der Waals surface area contributed by atoms with E-state index in [1.165, 1.54) is 0 Å². The van der Waals surface area contributed by atoms with Crippen LogP contribution in [0.25, 0.3) is 10.8 Å². The second-order valence-electron chi connectivity index (χ2n) is 6.11. The van der Waals surface area contributed by atoms with Crippen molar-refractivity contribution in [2.75, 3.05) is 26.7 Å². The van der Waals surface area contributed by atoms with Gasteiger partial charge in [0.25, 0.3) is 0 Å². The SMILES string of the molecule is CC.CCCN(CC(C)CCNC)S(=O)c1cccc2ccccc12. The normalized spacial score (nSPS) is 13.4. The van der Waals surface area contributed by atoms with Crippen LogP contribution in [0.15, 0.2) is 47.4 Å².